The lowest BCUT2D eigenvalue weighted by Crippen LogP contribution is -2.44. The van der Waals surface area contributed by atoms with Crippen LogP contribution in [0.1, 0.15) is 11.3 Å². The van der Waals surface area contributed by atoms with Gasteiger partial charge in [0.2, 0.25) is 0 Å². The fourth-order valence-electron chi connectivity index (χ4n) is 2.37. The molecule has 2 N–H and O–H groups in total. The lowest BCUT2D eigenvalue weighted by Gasteiger charge is -2.27. The van der Waals surface area contributed by atoms with Crippen molar-refractivity contribution in [3.8, 4) is 5.82 Å². The highest BCUT2D eigenvalue weighted by Gasteiger charge is 2.13. The molecule has 1 saturated heterocycles. The van der Waals surface area contributed by atoms with Crippen LogP contribution in [0.2, 0.25) is 5.02 Å². The fourth-order valence-corrected chi connectivity index (χ4v) is 2.50. The topological polar surface area (TPSA) is 81.6 Å². The summed E-state index contributed by atoms with van der Waals surface area (Å²) >= 11 is 5.95. The molecular weight excluding hydrogens is 316 g/mol. The third-order valence-corrected chi connectivity index (χ3v) is 3.80. The van der Waals surface area contributed by atoms with Crippen molar-refractivity contribution in [1.29, 1.82) is 0 Å². The number of guanidine groups is 1. The maximum Gasteiger partial charge on any atom is 0.191 e. The molecular formula is C15H19ClN6O. The molecule has 8 heteroatoms. The minimum atomic E-state index is 0.434. The summed E-state index contributed by atoms with van der Waals surface area (Å²) in [5.41, 5.74) is 7.92. The molecule has 0 spiro atoms. The Morgan fingerprint density at radius 1 is 1.39 bits per heavy atom. The Bertz CT molecular complexity index is 708. The number of aliphatic imine (C=N–C) groups is 1. The lowest BCUT2D eigenvalue weighted by molar-refractivity contribution is 0.0674. The largest absolute Gasteiger partial charge is 0.378 e. The predicted molar refractivity (Wildman–Crippen MR) is 88.8 cm³/mol. The molecule has 1 aliphatic heterocycles. The first kappa shape index (κ1) is 15.8. The number of hydrogen-bond acceptors (Lipinski definition) is 4. The molecule has 0 amide bonds. The minimum absolute atomic E-state index is 0.434. The van der Waals surface area contributed by atoms with Crippen molar-refractivity contribution < 1.29 is 4.74 Å². The van der Waals surface area contributed by atoms with Crippen LogP contribution in [0.15, 0.2) is 29.5 Å². The van der Waals surface area contributed by atoms with Gasteiger partial charge < -0.3 is 15.4 Å². The Labute approximate surface area is 139 Å². The first-order chi connectivity index (χ1) is 11.1. The highest BCUT2D eigenvalue weighted by atomic mass is 35.5. The van der Waals surface area contributed by atoms with Gasteiger partial charge in [0, 0.05) is 24.3 Å². The fraction of sp³-hybridized carbons (Fsp3) is 0.400. The molecule has 0 aliphatic carbocycles. The zero-order valence-electron chi connectivity index (χ0n) is 12.9. The van der Waals surface area contributed by atoms with Gasteiger partial charge in [-0.2, -0.15) is 5.10 Å². The average molecular weight is 335 g/mol. The summed E-state index contributed by atoms with van der Waals surface area (Å²) in [6, 6.07) is 3.94. The van der Waals surface area contributed by atoms with Gasteiger partial charge in [-0.3, -0.25) is 0 Å². The molecule has 2 aromatic rings. The van der Waals surface area contributed by atoms with Gasteiger partial charge in [0.25, 0.3) is 0 Å². The SMILES string of the molecule is Cc1ccc(CN=C(N)N2CCOCC2)c(-n2cc(Cl)cn2)n1. The second-order valence-corrected chi connectivity index (χ2v) is 5.75. The van der Waals surface area contributed by atoms with Gasteiger partial charge in [0.1, 0.15) is 0 Å². The number of nitrogens with two attached hydrogens (primary N) is 1. The summed E-state index contributed by atoms with van der Waals surface area (Å²) in [5.74, 6) is 1.24. The van der Waals surface area contributed by atoms with E-state index in [0.29, 0.717) is 30.7 Å². The minimum Gasteiger partial charge on any atom is -0.378 e. The van der Waals surface area contributed by atoms with Crippen LogP contribution >= 0.6 is 11.6 Å². The third-order valence-electron chi connectivity index (χ3n) is 3.61. The van der Waals surface area contributed by atoms with E-state index in [1.165, 1.54) is 0 Å². The molecule has 1 fully saturated rings. The van der Waals surface area contributed by atoms with Crippen molar-refractivity contribution >= 4 is 17.6 Å². The van der Waals surface area contributed by atoms with E-state index in [-0.39, 0.29) is 0 Å². The van der Waals surface area contributed by atoms with Crippen molar-refractivity contribution in [3.05, 3.63) is 40.8 Å². The number of nitrogens with zero attached hydrogens (tertiary/aromatic N) is 5. The van der Waals surface area contributed by atoms with Crippen molar-refractivity contribution in [2.45, 2.75) is 13.5 Å². The standard InChI is InChI=1S/C15H19ClN6O/c1-11-2-3-12(14(20-11)22-10-13(16)9-19-22)8-18-15(17)21-4-6-23-7-5-21/h2-3,9-10H,4-8H2,1H3,(H2,17,18). The van der Waals surface area contributed by atoms with E-state index in [1.54, 1.807) is 17.1 Å². The first-order valence-corrected chi connectivity index (χ1v) is 7.81. The summed E-state index contributed by atoms with van der Waals surface area (Å²) in [6.45, 7) is 5.26. The Hall–Kier alpha value is -2.12. The van der Waals surface area contributed by atoms with Gasteiger partial charge >= 0.3 is 0 Å². The second-order valence-electron chi connectivity index (χ2n) is 5.31. The number of morpholine rings is 1. The number of hydrogen-bond donors (Lipinski definition) is 1. The molecule has 0 saturated carbocycles. The number of aromatic nitrogens is 3. The smallest absolute Gasteiger partial charge is 0.191 e. The van der Waals surface area contributed by atoms with Crippen LogP contribution in [0.25, 0.3) is 5.82 Å². The normalized spacial score (nSPS) is 15.9. The Morgan fingerprint density at radius 3 is 2.87 bits per heavy atom. The number of aryl methyl sites for hydroxylation is 1. The van der Waals surface area contributed by atoms with Crippen LogP contribution in [-0.2, 0) is 11.3 Å². The number of pyridine rings is 1. The Morgan fingerprint density at radius 2 is 2.17 bits per heavy atom. The molecule has 23 heavy (non-hydrogen) atoms. The second kappa shape index (κ2) is 6.97. The van der Waals surface area contributed by atoms with E-state index in [1.807, 2.05) is 24.0 Å². The van der Waals surface area contributed by atoms with Gasteiger partial charge in [-0.1, -0.05) is 17.7 Å². The maximum absolute atomic E-state index is 6.08. The van der Waals surface area contributed by atoms with Crippen molar-refractivity contribution in [2.24, 2.45) is 10.7 Å². The monoisotopic (exact) mass is 334 g/mol. The molecule has 0 aromatic carbocycles. The number of ether oxygens (including phenoxy) is 1. The van der Waals surface area contributed by atoms with E-state index in [2.05, 4.69) is 15.1 Å². The predicted octanol–water partition coefficient (Wildman–Crippen LogP) is 1.38. The first-order valence-electron chi connectivity index (χ1n) is 7.43. The molecule has 2 aromatic heterocycles. The molecule has 0 bridgehead atoms. The van der Waals surface area contributed by atoms with Crippen LogP contribution in [0.3, 0.4) is 0 Å². The van der Waals surface area contributed by atoms with Crippen LogP contribution in [0.5, 0.6) is 0 Å². The number of rotatable bonds is 3. The maximum atomic E-state index is 6.08. The summed E-state index contributed by atoms with van der Waals surface area (Å²) in [4.78, 5) is 11.1. The summed E-state index contributed by atoms with van der Waals surface area (Å²) < 4.78 is 6.98. The van der Waals surface area contributed by atoms with Crippen LogP contribution < -0.4 is 5.73 Å². The number of halogens is 1. The Kier molecular flexibility index (Phi) is 4.78. The molecule has 0 radical (unpaired) electrons. The van der Waals surface area contributed by atoms with Crippen molar-refractivity contribution in [3.63, 3.8) is 0 Å². The van der Waals surface area contributed by atoms with Crippen LogP contribution in [-0.4, -0.2) is 51.9 Å². The van der Waals surface area contributed by atoms with E-state index < -0.39 is 0 Å². The van der Waals surface area contributed by atoms with E-state index in [9.17, 15) is 0 Å². The molecule has 3 rings (SSSR count). The van der Waals surface area contributed by atoms with Crippen molar-refractivity contribution in [2.75, 3.05) is 26.3 Å². The molecule has 0 atom stereocenters. The van der Waals surface area contributed by atoms with Crippen LogP contribution in [0, 0.1) is 6.92 Å². The van der Waals surface area contributed by atoms with Gasteiger partial charge in [-0.15, -0.1) is 0 Å². The van der Waals surface area contributed by atoms with Gasteiger partial charge in [-0.05, 0) is 13.0 Å². The highest BCUT2D eigenvalue weighted by molar-refractivity contribution is 6.30. The van der Waals surface area contributed by atoms with E-state index in [4.69, 9.17) is 22.1 Å². The lowest BCUT2D eigenvalue weighted by atomic mass is 10.2. The third kappa shape index (κ3) is 3.80. The zero-order chi connectivity index (χ0) is 16.2. The van der Waals surface area contributed by atoms with Gasteiger partial charge in [0.05, 0.1) is 37.2 Å². The van der Waals surface area contributed by atoms with Crippen molar-refractivity contribution in [1.82, 2.24) is 19.7 Å². The summed E-state index contributed by atoms with van der Waals surface area (Å²) in [6.07, 6.45) is 3.31. The summed E-state index contributed by atoms with van der Waals surface area (Å²) in [5, 5.41) is 4.79. The summed E-state index contributed by atoms with van der Waals surface area (Å²) in [7, 11) is 0. The average Bonchev–Trinajstić information content (AvgIpc) is 3.00. The molecule has 0 unspecified atom stereocenters. The highest BCUT2D eigenvalue weighted by Crippen LogP contribution is 2.16. The van der Waals surface area contributed by atoms with E-state index in [0.717, 1.165) is 30.2 Å². The van der Waals surface area contributed by atoms with Gasteiger partial charge in [0.15, 0.2) is 11.8 Å². The molecule has 7 nitrogen and oxygen atoms in total. The van der Waals surface area contributed by atoms with Crippen LogP contribution in [0.4, 0.5) is 0 Å². The van der Waals surface area contributed by atoms with E-state index >= 15 is 0 Å². The molecule has 122 valence electrons. The molecule has 3 heterocycles. The Balaban J connectivity index is 1.82. The quantitative estimate of drug-likeness (QED) is 0.677. The zero-order valence-corrected chi connectivity index (χ0v) is 13.7. The molecule has 1 aliphatic rings. The van der Waals surface area contributed by atoms with Gasteiger partial charge in [-0.25, -0.2) is 14.7 Å².